The second-order valence-corrected chi connectivity index (χ2v) is 3.60. The summed E-state index contributed by atoms with van der Waals surface area (Å²) >= 11 is 0. The number of aryl methyl sites for hydroxylation is 1. The van der Waals surface area contributed by atoms with Crippen LogP contribution in [0.3, 0.4) is 0 Å². The maximum absolute atomic E-state index is 10.6. The van der Waals surface area contributed by atoms with Gasteiger partial charge in [0.25, 0.3) is 0 Å². The smallest absolute Gasteiger partial charge is 0.210 e. The minimum absolute atomic E-state index is 0.777. The minimum atomic E-state index is 0.777. The molecule has 68 valence electrons. The van der Waals surface area contributed by atoms with Crippen LogP contribution < -0.4 is 0 Å². The molecule has 2 heteroatoms. The van der Waals surface area contributed by atoms with Gasteiger partial charge >= 0.3 is 0 Å². The molecule has 1 aliphatic heterocycles. The van der Waals surface area contributed by atoms with E-state index in [9.17, 15) is 4.79 Å². The van der Waals surface area contributed by atoms with Crippen LogP contribution in [0.25, 0.3) is 0 Å². The summed E-state index contributed by atoms with van der Waals surface area (Å²) in [4.78, 5) is 12.4. The van der Waals surface area contributed by atoms with Gasteiger partial charge < -0.3 is 4.90 Å². The number of amides is 1. The molecule has 0 unspecified atom stereocenters. The molecule has 0 saturated carbocycles. The van der Waals surface area contributed by atoms with Crippen molar-refractivity contribution in [1.82, 2.24) is 4.90 Å². The van der Waals surface area contributed by atoms with Crippen LogP contribution in [0.1, 0.15) is 16.7 Å². The lowest BCUT2D eigenvalue weighted by Gasteiger charge is -2.25. The van der Waals surface area contributed by atoms with E-state index in [1.54, 1.807) is 0 Å². The third-order valence-electron chi connectivity index (χ3n) is 2.55. The van der Waals surface area contributed by atoms with Crippen molar-refractivity contribution in [1.29, 1.82) is 0 Å². The van der Waals surface area contributed by atoms with E-state index in [1.165, 1.54) is 16.7 Å². The van der Waals surface area contributed by atoms with Crippen LogP contribution in [0.2, 0.25) is 0 Å². The molecule has 13 heavy (non-hydrogen) atoms. The Hall–Kier alpha value is -1.31. The SMILES string of the molecule is Cc1ccc2c(c1)CCN(C=O)C2. The highest BCUT2D eigenvalue weighted by atomic mass is 16.1. The molecule has 0 saturated heterocycles. The lowest BCUT2D eigenvalue weighted by Crippen LogP contribution is -2.29. The topological polar surface area (TPSA) is 20.3 Å². The Labute approximate surface area is 78.2 Å². The number of nitrogens with zero attached hydrogens (tertiary/aromatic N) is 1. The Morgan fingerprint density at radius 2 is 2.23 bits per heavy atom. The summed E-state index contributed by atoms with van der Waals surface area (Å²) < 4.78 is 0. The Morgan fingerprint density at radius 3 is 3.00 bits per heavy atom. The highest BCUT2D eigenvalue weighted by Gasteiger charge is 2.13. The van der Waals surface area contributed by atoms with Gasteiger partial charge in [0, 0.05) is 13.1 Å². The van der Waals surface area contributed by atoms with Crippen molar-refractivity contribution in [3.63, 3.8) is 0 Å². The quantitative estimate of drug-likeness (QED) is 0.592. The van der Waals surface area contributed by atoms with Gasteiger partial charge in [0.1, 0.15) is 0 Å². The summed E-state index contributed by atoms with van der Waals surface area (Å²) in [6.07, 6.45) is 1.93. The number of rotatable bonds is 1. The Balaban J connectivity index is 2.31. The molecule has 0 fully saturated rings. The van der Waals surface area contributed by atoms with E-state index in [2.05, 4.69) is 25.1 Å². The van der Waals surface area contributed by atoms with Crippen molar-refractivity contribution in [2.75, 3.05) is 6.54 Å². The predicted molar refractivity (Wildman–Crippen MR) is 51.4 cm³/mol. The second kappa shape index (κ2) is 3.21. The van der Waals surface area contributed by atoms with Crippen LogP contribution in [0.5, 0.6) is 0 Å². The molecule has 0 aromatic heterocycles. The standard InChI is InChI=1S/C11H13NO/c1-9-2-3-11-7-12(8-13)5-4-10(11)6-9/h2-3,6,8H,4-5,7H2,1H3. The second-order valence-electron chi connectivity index (χ2n) is 3.60. The third kappa shape index (κ3) is 1.57. The highest BCUT2D eigenvalue weighted by molar-refractivity contribution is 5.49. The van der Waals surface area contributed by atoms with Gasteiger partial charge in [-0.1, -0.05) is 23.8 Å². The van der Waals surface area contributed by atoms with Crippen molar-refractivity contribution in [2.24, 2.45) is 0 Å². The van der Waals surface area contributed by atoms with E-state index < -0.39 is 0 Å². The maximum Gasteiger partial charge on any atom is 0.210 e. The molecule has 0 bridgehead atoms. The van der Waals surface area contributed by atoms with E-state index in [0.29, 0.717) is 0 Å². The molecular formula is C11H13NO. The number of fused-ring (bicyclic) bond motifs is 1. The molecule has 1 heterocycles. The first-order valence-electron chi connectivity index (χ1n) is 4.57. The zero-order chi connectivity index (χ0) is 9.26. The molecule has 1 aromatic rings. The summed E-state index contributed by atoms with van der Waals surface area (Å²) in [6.45, 7) is 3.74. The van der Waals surface area contributed by atoms with Crippen LogP contribution in [-0.2, 0) is 17.8 Å². The summed E-state index contributed by atoms with van der Waals surface area (Å²) in [7, 11) is 0. The average Bonchev–Trinajstić information content (AvgIpc) is 2.17. The fourth-order valence-corrected chi connectivity index (χ4v) is 1.79. The van der Waals surface area contributed by atoms with Gasteiger partial charge in [-0.25, -0.2) is 0 Å². The fraction of sp³-hybridized carbons (Fsp3) is 0.364. The zero-order valence-corrected chi connectivity index (χ0v) is 7.79. The van der Waals surface area contributed by atoms with Crippen molar-refractivity contribution in [2.45, 2.75) is 19.9 Å². The van der Waals surface area contributed by atoms with E-state index in [1.807, 2.05) is 4.90 Å². The molecule has 0 atom stereocenters. The largest absolute Gasteiger partial charge is 0.341 e. The third-order valence-corrected chi connectivity index (χ3v) is 2.55. The number of carbonyl (C=O) groups excluding carboxylic acids is 1. The Morgan fingerprint density at radius 1 is 1.38 bits per heavy atom. The molecular weight excluding hydrogens is 162 g/mol. The number of carbonyl (C=O) groups is 1. The van der Waals surface area contributed by atoms with E-state index >= 15 is 0 Å². The predicted octanol–water partition coefficient (Wildman–Crippen LogP) is 1.51. The van der Waals surface area contributed by atoms with Gasteiger partial charge in [0.2, 0.25) is 6.41 Å². The molecule has 2 rings (SSSR count). The monoisotopic (exact) mass is 175 g/mol. The molecule has 0 N–H and O–H groups in total. The molecule has 2 nitrogen and oxygen atoms in total. The first kappa shape index (κ1) is 8.30. The number of hydrogen-bond acceptors (Lipinski definition) is 1. The lowest BCUT2D eigenvalue weighted by molar-refractivity contribution is -0.118. The van der Waals surface area contributed by atoms with Crippen LogP contribution in [0.4, 0.5) is 0 Å². The van der Waals surface area contributed by atoms with Crippen LogP contribution >= 0.6 is 0 Å². The van der Waals surface area contributed by atoms with Gasteiger partial charge in [-0.15, -0.1) is 0 Å². The van der Waals surface area contributed by atoms with Gasteiger partial charge in [-0.3, -0.25) is 4.79 Å². The normalized spacial score (nSPS) is 15.3. The van der Waals surface area contributed by atoms with E-state index in [0.717, 1.165) is 25.9 Å². The summed E-state index contributed by atoms with van der Waals surface area (Å²) in [6, 6.07) is 6.45. The van der Waals surface area contributed by atoms with Gasteiger partial charge in [0.05, 0.1) is 0 Å². The summed E-state index contributed by atoms with van der Waals surface area (Å²) in [5, 5.41) is 0. The Kier molecular flexibility index (Phi) is 2.05. The molecule has 0 aliphatic carbocycles. The van der Waals surface area contributed by atoms with Crippen molar-refractivity contribution < 1.29 is 4.79 Å². The van der Waals surface area contributed by atoms with Crippen molar-refractivity contribution >= 4 is 6.41 Å². The maximum atomic E-state index is 10.6. The molecule has 0 radical (unpaired) electrons. The summed E-state index contributed by atoms with van der Waals surface area (Å²) in [5.74, 6) is 0. The molecule has 1 amide bonds. The van der Waals surface area contributed by atoms with Gasteiger partial charge in [-0.2, -0.15) is 0 Å². The van der Waals surface area contributed by atoms with Gasteiger partial charge in [0.15, 0.2) is 0 Å². The Bertz CT molecular complexity index is 333. The lowest BCUT2D eigenvalue weighted by atomic mass is 9.98. The first-order chi connectivity index (χ1) is 6.29. The van der Waals surface area contributed by atoms with Crippen molar-refractivity contribution in [3.8, 4) is 0 Å². The number of hydrogen-bond donors (Lipinski definition) is 0. The highest BCUT2D eigenvalue weighted by Crippen LogP contribution is 2.18. The van der Waals surface area contributed by atoms with Gasteiger partial charge in [-0.05, 0) is 24.5 Å². The van der Waals surface area contributed by atoms with Crippen molar-refractivity contribution in [3.05, 3.63) is 34.9 Å². The van der Waals surface area contributed by atoms with Crippen LogP contribution in [-0.4, -0.2) is 17.9 Å². The van der Waals surface area contributed by atoms with Crippen LogP contribution in [0, 0.1) is 6.92 Å². The first-order valence-corrected chi connectivity index (χ1v) is 4.57. The molecule has 0 spiro atoms. The average molecular weight is 175 g/mol. The molecule has 1 aromatic carbocycles. The molecule has 1 aliphatic rings. The summed E-state index contributed by atoms with van der Waals surface area (Å²) in [5.41, 5.74) is 4.00. The van der Waals surface area contributed by atoms with E-state index in [4.69, 9.17) is 0 Å². The minimum Gasteiger partial charge on any atom is -0.341 e. The fourth-order valence-electron chi connectivity index (χ4n) is 1.79. The van der Waals surface area contributed by atoms with Crippen LogP contribution in [0.15, 0.2) is 18.2 Å². The number of benzene rings is 1. The van der Waals surface area contributed by atoms with E-state index in [-0.39, 0.29) is 0 Å². The zero-order valence-electron chi connectivity index (χ0n) is 7.79.